The van der Waals surface area contributed by atoms with Gasteiger partial charge in [-0.3, -0.25) is 4.79 Å². The molecule has 2 heterocycles. The fourth-order valence-electron chi connectivity index (χ4n) is 0.872. The third-order valence-corrected chi connectivity index (χ3v) is 2.97. The number of amides is 1. The molecule has 1 N–H and O–H groups in total. The van der Waals surface area contributed by atoms with Crippen LogP contribution < -0.4 is 5.32 Å². The van der Waals surface area contributed by atoms with Crippen molar-refractivity contribution in [3.8, 4) is 0 Å². The molecule has 0 fully saturated rings. The van der Waals surface area contributed by atoms with Crippen molar-refractivity contribution >= 4 is 46.5 Å². The van der Waals surface area contributed by atoms with Gasteiger partial charge in [-0.2, -0.15) is 0 Å². The van der Waals surface area contributed by atoms with Gasteiger partial charge in [-0.15, -0.1) is 5.10 Å². The highest BCUT2D eigenvalue weighted by atomic mass is 35.5. The van der Waals surface area contributed by atoms with Crippen molar-refractivity contribution in [2.45, 2.75) is 0 Å². The van der Waals surface area contributed by atoms with Crippen LogP contribution in [-0.4, -0.2) is 25.5 Å². The van der Waals surface area contributed by atoms with E-state index in [-0.39, 0.29) is 16.0 Å². The van der Waals surface area contributed by atoms with E-state index in [4.69, 9.17) is 23.2 Å². The van der Waals surface area contributed by atoms with Crippen LogP contribution in [0.4, 0.5) is 5.82 Å². The van der Waals surface area contributed by atoms with Gasteiger partial charge in [-0.05, 0) is 11.5 Å². The summed E-state index contributed by atoms with van der Waals surface area (Å²) in [6.45, 7) is 0. The van der Waals surface area contributed by atoms with E-state index in [9.17, 15) is 4.79 Å². The maximum absolute atomic E-state index is 11.6. The molecule has 0 spiro atoms. The molecule has 0 saturated heterocycles. The van der Waals surface area contributed by atoms with Crippen LogP contribution in [0.15, 0.2) is 12.5 Å². The molecule has 1 amide bonds. The Bertz CT molecular complexity index is 518. The van der Waals surface area contributed by atoms with Crippen LogP contribution in [0.25, 0.3) is 0 Å². The van der Waals surface area contributed by atoms with Crippen LogP contribution in [0.1, 0.15) is 9.67 Å². The van der Waals surface area contributed by atoms with E-state index in [0.717, 1.165) is 11.5 Å². The SMILES string of the molecule is O=C(Nc1ncnc(Cl)c1Cl)c1cnns1. The van der Waals surface area contributed by atoms with E-state index in [1.165, 1.54) is 12.5 Å². The lowest BCUT2D eigenvalue weighted by molar-refractivity contribution is 0.103. The van der Waals surface area contributed by atoms with E-state index >= 15 is 0 Å². The predicted octanol–water partition coefficient (Wildman–Crippen LogP) is 1.89. The molecule has 2 rings (SSSR count). The van der Waals surface area contributed by atoms with Gasteiger partial charge in [0.05, 0.1) is 6.20 Å². The van der Waals surface area contributed by atoms with E-state index in [2.05, 4.69) is 24.9 Å². The number of nitrogens with one attached hydrogen (secondary N) is 1. The van der Waals surface area contributed by atoms with Crippen molar-refractivity contribution in [1.29, 1.82) is 0 Å². The molecule has 2 aromatic heterocycles. The minimum atomic E-state index is -0.397. The van der Waals surface area contributed by atoms with Gasteiger partial charge in [-0.1, -0.05) is 27.7 Å². The summed E-state index contributed by atoms with van der Waals surface area (Å²) in [5, 5.41) is 6.19. The summed E-state index contributed by atoms with van der Waals surface area (Å²) in [7, 11) is 0. The molecule has 6 nitrogen and oxygen atoms in total. The Morgan fingerprint density at radius 2 is 2.19 bits per heavy atom. The highest BCUT2D eigenvalue weighted by Crippen LogP contribution is 2.25. The Morgan fingerprint density at radius 1 is 1.38 bits per heavy atom. The van der Waals surface area contributed by atoms with Crippen molar-refractivity contribution in [2.24, 2.45) is 0 Å². The average molecular weight is 276 g/mol. The normalized spacial score (nSPS) is 10.1. The highest BCUT2D eigenvalue weighted by Gasteiger charge is 2.13. The fourth-order valence-corrected chi connectivity index (χ4v) is 1.56. The van der Waals surface area contributed by atoms with Gasteiger partial charge < -0.3 is 5.32 Å². The first-order chi connectivity index (χ1) is 7.68. The van der Waals surface area contributed by atoms with E-state index < -0.39 is 5.91 Å². The fraction of sp³-hybridized carbons (Fsp3) is 0. The zero-order chi connectivity index (χ0) is 11.5. The first-order valence-corrected chi connectivity index (χ1v) is 5.46. The minimum Gasteiger partial charge on any atom is -0.304 e. The van der Waals surface area contributed by atoms with Gasteiger partial charge >= 0.3 is 0 Å². The van der Waals surface area contributed by atoms with Crippen molar-refractivity contribution in [3.63, 3.8) is 0 Å². The van der Waals surface area contributed by atoms with Crippen LogP contribution in [-0.2, 0) is 0 Å². The second kappa shape index (κ2) is 4.69. The third-order valence-electron chi connectivity index (χ3n) is 1.56. The Hall–Kier alpha value is -1.31. The van der Waals surface area contributed by atoms with Gasteiger partial charge in [-0.25, -0.2) is 9.97 Å². The summed E-state index contributed by atoms with van der Waals surface area (Å²) in [4.78, 5) is 19.4. The first kappa shape index (κ1) is 11.2. The number of hydrogen-bond acceptors (Lipinski definition) is 6. The topological polar surface area (TPSA) is 80.7 Å². The molecular weight excluding hydrogens is 273 g/mol. The Morgan fingerprint density at radius 3 is 2.88 bits per heavy atom. The van der Waals surface area contributed by atoms with E-state index in [1.54, 1.807) is 0 Å². The number of halogens is 2. The lowest BCUT2D eigenvalue weighted by atomic mass is 10.5. The largest absolute Gasteiger partial charge is 0.304 e. The number of rotatable bonds is 2. The third kappa shape index (κ3) is 2.26. The molecule has 0 radical (unpaired) electrons. The van der Waals surface area contributed by atoms with Gasteiger partial charge in [0.15, 0.2) is 11.0 Å². The van der Waals surface area contributed by atoms with Crippen LogP contribution in [0, 0.1) is 0 Å². The lowest BCUT2D eigenvalue weighted by Crippen LogP contribution is -2.12. The molecular formula is C7H3Cl2N5OS. The standard InChI is InChI=1S/C7H3Cl2N5OS/c8-4-5(9)10-2-11-6(4)13-7(15)3-1-12-14-16-3/h1-2H,(H,10,11,13,15). The monoisotopic (exact) mass is 275 g/mol. The second-order valence-electron chi connectivity index (χ2n) is 2.56. The molecule has 0 aliphatic rings. The summed E-state index contributed by atoms with van der Waals surface area (Å²) in [5.74, 6) is -0.244. The van der Waals surface area contributed by atoms with Crippen molar-refractivity contribution in [3.05, 3.63) is 27.6 Å². The number of carbonyl (C=O) groups is 1. The van der Waals surface area contributed by atoms with Gasteiger partial charge in [0.2, 0.25) is 0 Å². The molecule has 0 saturated carbocycles. The maximum Gasteiger partial charge on any atom is 0.270 e. The molecule has 0 unspecified atom stereocenters. The molecule has 0 aliphatic carbocycles. The number of hydrogen-bond donors (Lipinski definition) is 1. The quantitative estimate of drug-likeness (QED) is 0.847. The zero-order valence-corrected chi connectivity index (χ0v) is 9.84. The van der Waals surface area contributed by atoms with Crippen LogP contribution in [0.2, 0.25) is 10.2 Å². The number of nitrogens with zero attached hydrogens (tertiary/aromatic N) is 4. The van der Waals surface area contributed by atoms with E-state index in [1.807, 2.05) is 0 Å². The van der Waals surface area contributed by atoms with E-state index in [0.29, 0.717) is 4.88 Å². The molecule has 9 heteroatoms. The smallest absolute Gasteiger partial charge is 0.270 e. The highest BCUT2D eigenvalue weighted by molar-refractivity contribution is 7.07. The molecule has 0 aliphatic heterocycles. The summed E-state index contributed by atoms with van der Waals surface area (Å²) in [5.41, 5.74) is 0. The summed E-state index contributed by atoms with van der Waals surface area (Å²) in [6.07, 6.45) is 2.55. The van der Waals surface area contributed by atoms with Crippen molar-refractivity contribution in [2.75, 3.05) is 5.32 Å². The van der Waals surface area contributed by atoms with Crippen LogP contribution in [0.5, 0.6) is 0 Å². The van der Waals surface area contributed by atoms with Gasteiger partial charge in [0, 0.05) is 0 Å². The summed E-state index contributed by atoms with van der Waals surface area (Å²) in [6, 6.07) is 0. The predicted molar refractivity (Wildman–Crippen MR) is 59.9 cm³/mol. The molecule has 0 bridgehead atoms. The first-order valence-electron chi connectivity index (χ1n) is 3.93. The van der Waals surface area contributed by atoms with Crippen LogP contribution in [0.3, 0.4) is 0 Å². The Labute approximate surface area is 104 Å². The second-order valence-corrected chi connectivity index (χ2v) is 4.08. The van der Waals surface area contributed by atoms with Gasteiger partial charge in [0.1, 0.15) is 16.2 Å². The zero-order valence-electron chi connectivity index (χ0n) is 7.52. The molecule has 0 atom stereocenters. The Kier molecular flexibility index (Phi) is 3.28. The molecule has 16 heavy (non-hydrogen) atoms. The van der Waals surface area contributed by atoms with Crippen molar-refractivity contribution < 1.29 is 4.79 Å². The van der Waals surface area contributed by atoms with Crippen LogP contribution >= 0.6 is 34.7 Å². The molecule has 0 aromatic carbocycles. The summed E-state index contributed by atoms with van der Waals surface area (Å²) < 4.78 is 3.56. The van der Waals surface area contributed by atoms with Gasteiger partial charge in [0.25, 0.3) is 5.91 Å². The molecule has 2 aromatic rings. The summed E-state index contributed by atoms with van der Waals surface area (Å²) >= 11 is 12.4. The lowest BCUT2D eigenvalue weighted by Gasteiger charge is -2.04. The van der Waals surface area contributed by atoms with Crippen molar-refractivity contribution in [1.82, 2.24) is 19.6 Å². The molecule has 82 valence electrons. The minimum absolute atomic E-state index is 0.0781. The maximum atomic E-state index is 11.6. The number of aromatic nitrogens is 4. The number of anilines is 1. The number of carbonyl (C=O) groups excluding carboxylic acids is 1. The average Bonchev–Trinajstić information content (AvgIpc) is 2.78. The Balaban J connectivity index is 2.22.